The van der Waals surface area contributed by atoms with Gasteiger partial charge in [-0.3, -0.25) is 9.59 Å². The molecule has 1 aromatic carbocycles. The number of anilines is 1. The van der Waals surface area contributed by atoms with Gasteiger partial charge in [0.05, 0.1) is 5.69 Å². The first-order valence-electron chi connectivity index (χ1n) is 9.32. The van der Waals surface area contributed by atoms with Crippen molar-refractivity contribution in [3.05, 3.63) is 28.8 Å². The van der Waals surface area contributed by atoms with E-state index in [-0.39, 0.29) is 24.2 Å². The van der Waals surface area contributed by atoms with Crippen LogP contribution < -0.4 is 10.2 Å². The number of benzene rings is 1. The molecule has 0 unspecified atom stereocenters. The van der Waals surface area contributed by atoms with Crippen LogP contribution in [0.3, 0.4) is 0 Å². The molecule has 3 aliphatic rings. The number of Topliss-reactive ketones (excluding diaryl/α,β-unsaturated/α-hetero) is 1. The summed E-state index contributed by atoms with van der Waals surface area (Å²) < 4.78 is 0. The number of amides is 1. The lowest BCUT2D eigenvalue weighted by Gasteiger charge is -2.28. The molecule has 0 aromatic heterocycles. The van der Waals surface area contributed by atoms with E-state index in [2.05, 4.69) is 17.4 Å². The van der Waals surface area contributed by atoms with E-state index in [1.807, 2.05) is 11.9 Å². The van der Waals surface area contributed by atoms with Crippen LogP contribution in [0.5, 0.6) is 0 Å². The SMILES string of the molecule is CNCC1CCC(C(=O)c2cc3c4c(c2)CCN4C(=O)CC3)CC1.Cl. The molecular formula is C20H27ClN2O2. The third kappa shape index (κ3) is 3.34. The van der Waals surface area contributed by atoms with Crippen LogP contribution in [0.1, 0.15) is 53.6 Å². The van der Waals surface area contributed by atoms with Gasteiger partial charge in [-0.25, -0.2) is 0 Å². The molecule has 4 rings (SSSR count). The minimum atomic E-state index is 0. The zero-order chi connectivity index (χ0) is 16.7. The minimum absolute atomic E-state index is 0. The molecule has 25 heavy (non-hydrogen) atoms. The highest BCUT2D eigenvalue weighted by atomic mass is 35.5. The van der Waals surface area contributed by atoms with E-state index in [0.717, 1.165) is 68.8 Å². The molecule has 0 spiro atoms. The van der Waals surface area contributed by atoms with Crippen LogP contribution in [0.2, 0.25) is 0 Å². The summed E-state index contributed by atoms with van der Waals surface area (Å²) in [6, 6.07) is 4.14. The Morgan fingerprint density at radius 1 is 1.12 bits per heavy atom. The molecule has 1 saturated carbocycles. The van der Waals surface area contributed by atoms with Crippen LogP contribution in [-0.2, 0) is 17.6 Å². The van der Waals surface area contributed by atoms with E-state index in [0.29, 0.717) is 12.2 Å². The van der Waals surface area contributed by atoms with Gasteiger partial charge in [0.15, 0.2) is 5.78 Å². The average Bonchev–Trinajstić information content (AvgIpc) is 3.04. The van der Waals surface area contributed by atoms with Crippen molar-refractivity contribution in [2.45, 2.75) is 44.9 Å². The number of nitrogens with one attached hydrogen (secondary N) is 1. The molecular weight excluding hydrogens is 336 g/mol. The van der Waals surface area contributed by atoms with Crippen molar-refractivity contribution in [3.8, 4) is 0 Å². The number of ketones is 1. The van der Waals surface area contributed by atoms with E-state index in [1.165, 1.54) is 11.1 Å². The Morgan fingerprint density at radius 3 is 2.48 bits per heavy atom. The summed E-state index contributed by atoms with van der Waals surface area (Å²) >= 11 is 0. The molecule has 0 bridgehead atoms. The molecule has 0 radical (unpaired) electrons. The number of nitrogens with zero attached hydrogens (tertiary/aromatic N) is 1. The molecule has 136 valence electrons. The number of carbonyl (C=O) groups excluding carboxylic acids is 2. The van der Waals surface area contributed by atoms with Crippen molar-refractivity contribution in [2.24, 2.45) is 11.8 Å². The maximum absolute atomic E-state index is 13.0. The highest BCUT2D eigenvalue weighted by Crippen LogP contribution is 2.39. The Labute approximate surface area is 155 Å². The fourth-order valence-electron chi connectivity index (χ4n) is 4.75. The second-order valence-corrected chi connectivity index (χ2v) is 7.58. The lowest BCUT2D eigenvalue weighted by molar-refractivity contribution is -0.118. The molecule has 2 heterocycles. The number of hydrogen-bond acceptors (Lipinski definition) is 3. The lowest BCUT2D eigenvalue weighted by atomic mass is 9.78. The van der Waals surface area contributed by atoms with Crippen molar-refractivity contribution >= 4 is 29.8 Å². The summed E-state index contributed by atoms with van der Waals surface area (Å²) in [4.78, 5) is 26.9. The molecule has 1 aromatic rings. The zero-order valence-corrected chi connectivity index (χ0v) is 15.7. The fourth-order valence-corrected chi connectivity index (χ4v) is 4.75. The number of carbonyl (C=O) groups is 2. The van der Waals surface area contributed by atoms with E-state index in [9.17, 15) is 9.59 Å². The maximum atomic E-state index is 13.0. The molecule has 2 aliphatic heterocycles. The van der Waals surface area contributed by atoms with Crippen molar-refractivity contribution in [1.29, 1.82) is 0 Å². The van der Waals surface area contributed by atoms with Gasteiger partial charge in [-0.2, -0.15) is 0 Å². The van der Waals surface area contributed by atoms with Crippen molar-refractivity contribution < 1.29 is 9.59 Å². The summed E-state index contributed by atoms with van der Waals surface area (Å²) in [5.41, 5.74) is 4.40. The smallest absolute Gasteiger partial charge is 0.227 e. The predicted octanol–water partition coefficient (Wildman–Crippen LogP) is 3.15. The summed E-state index contributed by atoms with van der Waals surface area (Å²) in [6.07, 6.45) is 6.59. The lowest BCUT2D eigenvalue weighted by Crippen LogP contribution is -2.33. The van der Waals surface area contributed by atoms with E-state index in [4.69, 9.17) is 0 Å². The van der Waals surface area contributed by atoms with Gasteiger partial charge in [0, 0.05) is 24.4 Å². The first-order chi connectivity index (χ1) is 11.7. The first-order valence-corrected chi connectivity index (χ1v) is 9.32. The van der Waals surface area contributed by atoms with Crippen LogP contribution in [0.15, 0.2) is 12.1 Å². The van der Waals surface area contributed by atoms with Crippen molar-refractivity contribution in [1.82, 2.24) is 5.32 Å². The van der Waals surface area contributed by atoms with Crippen molar-refractivity contribution in [2.75, 3.05) is 25.0 Å². The highest BCUT2D eigenvalue weighted by molar-refractivity contribution is 6.02. The van der Waals surface area contributed by atoms with E-state index in [1.54, 1.807) is 0 Å². The van der Waals surface area contributed by atoms with Gasteiger partial charge in [0.1, 0.15) is 0 Å². The molecule has 4 nitrogen and oxygen atoms in total. The number of aryl methyl sites for hydroxylation is 1. The molecule has 1 N–H and O–H groups in total. The molecule has 0 saturated heterocycles. The van der Waals surface area contributed by atoms with Gasteiger partial charge in [0.25, 0.3) is 0 Å². The zero-order valence-electron chi connectivity index (χ0n) is 14.8. The normalized spacial score (nSPS) is 24.7. The minimum Gasteiger partial charge on any atom is -0.319 e. The van der Waals surface area contributed by atoms with Gasteiger partial charge in [-0.15, -0.1) is 12.4 Å². The van der Waals surface area contributed by atoms with Crippen LogP contribution in [0.25, 0.3) is 0 Å². The standard InChI is InChI=1S/C20H26N2O2.ClH/c1-21-12-13-2-4-14(5-3-13)20(24)17-10-15-6-7-18(23)22-9-8-16(11-17)19(15)22;/h10-11,13-14,21H,2-9,12H2,1H3;1H. The Balaban J connectivity index is 0.00000182. The Bertz CT molecular complexity index is 681. The molecule has 0 atom stereocenters. The van der Waals surface area contributed by atoms with Crippen LogP contribution in [0, 0.1) is 11.8 Å². The first kappa shape index (κ1) is 18.4. The number of halogens is 1. The van der Waals surface area contributed by atoms with Crippen LogP contribution in [0.4, 0.5) is 5.69 Å². The van der Waals surface area contributed by atoms with Crippen molar-refractivity contribution in [3.63, 3.8) is 0 Å². The van der Waals surface area contributed by atoms with Crippen LogP contribution >= 0.6 is 12.4 Å². The Kier molecular flexibility index (Phi) is 5.49. The largest absolute Gasteiger partial charge is 0.319 e. The molecule has 1 amide bonds. The maximum Gasteiger partial charge on any atom is 0.227 e. The van der Waals surface area contributed by atoms with Gasteiger partial charge >= 0.3 is 0 Å². The number of rotatable bonds is 4. The van der Waals surface area contributed by atoms with Gasteiger partial charge < -0.3 is 10.2 Å². The van der Waals surface area contributed by atoms with Crippen LogP contribution in [-0.4, -0.2) is 31.8 Å². The Hall–Kier alpha value is -1.39. The van der Waals surface area contributed by atoms with E-state index >= 15 is 0 Å². The predicted molar refractivity (Wildman–Crippen MR) is 102 cm³/mol. The third-order valence-electron chi connectivity index (χ3n) is 6.05. The summed E-state index contributed by atoms with van der Waals surface area (Å²) in [6.45, 7) is 1.85. The molecule has 1 aliphatic carbocycles. The summed E-state index contributed by atoms with van der Waals surface area (Å²) in [5.74, 6) is 1.47. The van der Waals surface area contributed by atoms with E-state index < -0.39 is 0 Å². The second-order valence-electron chi connectivity index (χ2n) is 7.58. The molecule has 1 fully saturated rings. The second kappa shape index (κ2) is 7.46. The highest BCUT2D eigenvalue weighted by Gasteiger charge is 2.33. The summed E-state index contributed by atoms with van der Waals surface area (Å²) in [7, 11) is 2.00. The third-order valence-corrected chi connectivity index (χ3v) is 6.05. The average molecular weight is 363 g/mol. The monoisotopic (exact) mass is 362 g/mol. The summed E-state index contributed by atoms with van der Waals surface area (Å²) in [5, 5.41) is 3.25. The number of hydrogen-bond donors (Lipinski definition) is 1. The van der Waals surface area contributed by atoms with Gasteiger partial charge in [-0.05, 0) is 81.3 Å². The van der Waals surface area contributed by atoms with Gasteiger partial charge in [-0.1, -0.05) is 0 Å². The van der Waals surface area contributed by atoms with Gasteiger partial charge in [0.2, 0.25) is 5.91 Å². The quantitative estimate of drug-likeness (QED) is 0.837. The Morgan fingerprint density at radius 2 is 1.80 bits per heavy atom. The molecule has 5 heteroatoms. The topological polar surface area (TPSA) is 49.4 Å². The fraction of sp³-hybridized carbons (Fsp3) is 0.600.